The van der Waals surface area contributed by atoms with Crippen LogP contribution in [0.15, 0.2) is 22.8 Å². The van der Waals surface area contributed by atoms with Crippen molar-refractivity contribution in [3.05, 3.63) is 22.8 Å². The van der Waals surface area contributed by atoms with E-state index in [-0.39, 0.29) is 12.5 Å². The number of amides is 1. The minimum Gasteiger partial charge on any atom is -0.347 e. The van der Waals surface area contributed by atoms with Crippen LogP contribution < -0.4 is 5.32 Å². The number of aromatic nitrogens is 3. The molecule has 0 atom stereocenters. The van der Waals surface area contributed by atoms with Gasteiger partial charge in [0.15, 0.2) is 5.65 Å². The van der Waals surface area contributed by atoms with E-state index in [1.165, 1.54) is 4.90 Å². The van der Waals surface area contributed by atoms with Crippen molar-refractivity contribution in [3.63, 3.8) is 0 Å². The van der Waals surface area contributed by atoms with Crippen molar-refractivity contribution < 1.29 is 4.79 Å². The molecule has 90 valence electrons. The predicted molar refractivity (Wildman–Crippen MR) is 67.9 cm³/mol. The number of fused-ring (bicyclic) bond motifs is 1. The fourth-order valence-electron chi connectivity index (χ4n) is 1.25. The molecule has 0 saturated carbocycles. The third kappa shape index (κ3) is 2.73. The number of nitrogens with one attached hydrogen (secondary N) is 1. The topological polar surface area (TPSA) is 62.5 Å². The zero-order chi connectivity index (χ0) is 12.4. The maximum absolute atomic E-state index is 11.4. The molecule has 6 nitrogen and oxygen atoms in total. The molecular formula is C10H12BrN5O. The Morgan fingerprint density at radius 3 is 3.00 bits per heavy atom. The van der Waals surface area contributed by atoms with Gasteiger partial charge in [0.1, 0.15) is 0 Å². The highest BCUT2D eigenvalue weighted by Gasteiger charge is 2.07. The zero-order valence-corrected chi connectivity index (χ0v) is 11.1. The molecule has 0 aromatic carbocycles. The molecule has 2 aromatic heterocycles. The van der Waals surface area contributed by atoms with Crippen LogP contribution in [0.4, 0.5) is 5.95 Å². The van der Waals surface area contributed by atoms with Gasteiger partial charge in [-0.25, -0.2) is 4.52 Å². The first-order valence-corrected chi connectivity index (χ1v) is 5.81. The maximum atomic E-state index is 11.4. The molecule has 0 spiro atoms. The molecule has 0 unspecified atom stereocenters. The van der Waals surface area contributed by atoms with Crippen molar-refractivity contribution in [2.45, 2.75) is 0 Å². The van der Waals surface area contributed by atoms with E-state index in [9.17, 15) is 4.79 Å². The van der Waals surface area contributed by atoms with Crippen molar-refractivity contribution in [2.24, 2.45) is 0 Å². The Morgan fingerprint density at radius 1 is 1.53 bits per heavy atom. The summed E-state index contributed by atoms with van der Waals surface area (Å²) in [5.41, 5.74) is 0.730. The van der Waals surface area contributed by atoms with Gasteiger partial charge in [0.25, 0.3) is 0 Å². The minimum atomic E-state index is -0.0231. The average Bonchev–Trinajstić information content (AvgIpc) is 2.67. The number of likely N-dealkylation sites (N-methyl/N-ethyl adjacent to an activating group) is 1. The summed E-state index contributed by atoms with van der Waals surface area (Å²) in [6.07, 6.45) is 1.81. The van der Waals surface area contributed by atoms with Gasteiger partial charge >= 0.3 is 0 Å². The van der Waals surface area contributed by atoms with Crippen LogP contribution in [0, 0.1) is 0 Å². The van der Waals surface area contributed by atoms with Crippen molar-refractivity contribution in [1.82, 2.24) is 19.5 Å². The molecule has 0 bridgehead atoms. The molecule has 2 aromatic rings. The summed E-state index contributed by atoms with van der Waals surface area (Å²) in [6, 6.07) is 3.73. The van der Waals surface area contributed by atoms with E-state index in [0.717, 1.165) is 10.1 Å². The van der Waals surface area contributed by atoms with Gasteiger partial charge in [-0.05, 0) is 28.1 Å². The summed E-state index contributed by atoms with van der Waals surface area (Å²) in [6.45, 7) is 0.186. The molecule has 0 aliphatic heterocycles. The first-order chi connectivity index (χ1) is 8.06. The SMILES string of the molecule is CN(C)C(=O)CNc1nc2ccc(Br)cn2n1. The van der Waals surface area contributed by atoms with Crippen LogP contribution in [-0.2, 0) is 4.79 Å². The highest BCUT2D eigenvalue weighted by molar-refractivity contribution is 9.10. The van der Waals surface area contributed by atoms with Gasteiger partial charge in [0.05, 0.1) is 6.54 Å². The summed E-state index contributed by atoms with van der Waals surface area (Å²) in [4.78, 5) is 17.1. The van der Waals surface area contributed by atoms with Gasteiger partial charge in [0, 0.05) is 24.8 Å². The second-order valence-electron chi connectivity index (χ2n) is 3.73. The van der Waals surface area contributed by atoms with E-state index < -0.39 is 0 Å². The van der Waals surface area contributed by atoms with Crippen molar-refractivity contribution >= 4 is 33.4 Å². The third-order valence-electron chi connectivity index (χ3n) is 2.19. The molecule has 7 heteroatoms. The lowest BCUT2D eigenvalue weighted by atomic mass is 10.5. The van der Waals surface area contributed by atoms with Crippen LogP contribution in [0.5, 0.6) is 0 Å². The fourth-order valence-corrected chi connectivity index (χ4v) is 1.57. The van der Waals surface area contributed by atoms with Crippen LogP contribution in [0.25, 0.3) is 5.65 Å². The quantitative estimate of drug-likeness (QED) is 0.918. The Hall–Kier alpha value is -1.63. The first kappa shape index (κ1) is 11.8. The summed E-state index contributed by atoms with van der Waals surface area (Å²) in [7, 11) is 3.41. The minimum absolute atomic E-state index is 0.0231. The fraction of sp³-hybridized carbons (Fsp3) is 0.300. The average molecular weight is 298 g/mol. The second-order valence-corrected chi connectivity index (χ2v) is 4.64. The Kier molecular flexibility index (Phi) is 3.28. The Morgan fingerprint density at radius 2 is 2.29 bits per heavy atom. The molecule has 1 N–H and O–H groups in total. The van der Waals surface area contributed by atoms with Gasteiger partial charge in [0.2, 0.25) is 11.9 Å². The van der Waals surface area contributed by atoms with Crippen LogP contribution in [0.2, 0.25) is 0 Å². The predicted octanol–water partition coefficient (Wildman–Crippen LogP) is 0.992. The largest absolute Gasteiger partial charge is 0.347 e. The number of halogens is 1. The molecule has 0 aliphatic rings. The highest BCUT2D eigenvalue weighted by atomic mass is 79.9. The monoisotopic (exact) mass is 297 g/mol. The van der Waals surface area contributed by atoms with Gasteiger partial charge in [-0.2, -0.15) is 4.98 Å². The zero-order valence-electron chi connectivity index (χ0n) is 9.51. The molecule has 2 rings (SSSR count). The number of carbonyl (C=O) groups excluding carboxylic acids is 1. The van der Waals surface area contributed by atoms with E-state index in [2.05, 4.69) is 31.3 Å². The van der Waals surface area contributed by atoms with Gasteiger partial charge < -0.3 is 10.2 Å². The number of rotatable bonds is 3. The van der Waals surface area contributed by atoms with E-state index in [4.69, 9.17) is 0 Å². The highest BCUT2D eigenvalue weighted by Crippen LogP contribution is 2.11. The van der Waals surface area contributed by atoms with Crippen LogP contribution in [0.1, 0.15) is 0 Å². The number of anilines is 1. The van der Waals surface area contributed by atoms with Gasteiger partial charge in [-0.15, -0.1) is 5.10 Å². The second kappa shape index (κ2) is 4.70. The lowest BCUT2D eigenvalue weighted by molar-refractivity contribution is -0.126. The first-order valence-electron chi connectivity index (χ1n) is 5.02. The Bertz CT molecular complexity index is 551. The molecule has 0 fully saturated rings. The smallest absolute Gasteiger partial charge is 0.243 e. The lowest BCUT2D eigenvalue weighted by Gasteiger charge is -2.09. The van der Waals surface area contributed by atoms with Crippen LogP contribution >= 0.6 is 15.9 Å². The standard InChI is InChI=1S/C10H12BrN5O/c1-15(2)9(17)5-12-10-13-8-4-3-7(11)6-16(8)14-10/h3-4,6H,5H2,1-2H3,(H,12,14). The van der Waals surface area contributed by atoms with Crippen molar-refractivity contribution in [2.75, 3.05) is 26.0 Å². The van der Waals surface area contributed by atoms with Crippen molar-refractivity contribution in [3.8, 4) is 0 Å². The van der Waals surface area contributed by atoms with Crippen LogP contribution in [0.3, 0.4) is 0 Å². The van der Waals surface area contributed by atoms with Crippen molar-refractivity contribution in [1.29, 1.82) is 0 Å². The number of carbonyl (C=O) groups is 1. The summed E-state index contributed by atoms with van der Waals surface area (Å²) < 4.78 is 2.57. The molecule has 1 amide bonds. The Balaban J connectivity index is 2.12. The van der Waals surface area contributed by atoms with E-state index in [0.29, 0.717) is 5.95 Å². The maximum Gasteiger partial charge on any atom is 0.243 e. The molecule has 2 heterocycles. The number of nitrogens with zero attached hydrogens (tertiary/aromatic N) is 4. The van der Waals surface area contributed by atoms with Gasteiger partial charge in [-0.3, -0.25) is 4.79 Å². The van der Waals surface area contributed by atoms with Gasteiger partial charge in [-0.1, -0.05) is 0 Å². The molecule has 0 aliphatic carbocycles. The number of hydrogen-bond acceptors (Lipinski definition) is 4. The molecular weight excluding hydrogens is 286 g/mol. The summed E-state index contributed by atoms with van der Waals surface area (Å²) in [5.74, 6) is 0.420. The summed E-state index contributed by atoms with van der Waals surface area (Å²) in [5, 5.41) is 7.08. The van der Waals surface area contributed by atoms with Crippen LogP contribution in [-0.4, -0.2) is 46.0 Å². The van der Waals surface area contributed by atoms with E-state index in [1.807, 2.05) is 12.1 Å². The lowest BCUT2D eigenvalue weighted by Crippen LogP contribution is -2.28. The normalized spacial score (nSPS) is 10.5. The Labute approximate surface area is 107 Å². The third-order valence-corrected chi connectivity index (χ3v) is 2.66. The molecule has 0 radical (unpaired) electrons. The van der Waals surface area contributed by atoms with E-state index >= 15 is 0 Å². The van der Waals surface area contributed by atoms with E-state index in [1.54, 1.807) is 24.8 Å². The summed E-state index contributed by atoms with van der Waals surface area (Å²) >= 11 is 3.35. The molecule has 17 heavy (non-hydrogen) atoms. The molecule has 0 saturated heterocycles. The number of hydrogen-bond donors (Lipinski definition) is 1. The number of pyridine rings is 1.